The Morgan fingerprint density at radius 3 is 2.92 bits per heavy atom. The van der Waals surface area contributed by atoms with Crippen LogP contribution in [0, 0.1) is 0 Å². The van der Waals surface area contributed by atoms with Crippen molar-refractivity contribution in [3.8, 4) is 0 Å². The number of carbonyl (C=O) groups is 1. The van der Waals surface area contributed by atoms with Crippen LogP contribution >= 0.6 is 0 Å². The number of Topliss-reactive ketones (excluding diaryl/α,β-unsaturated/α-hetero) is 1. The Morgan fingerprint density at radius 2 is 2.17 bits per heavy atom. The SMILES string of the molecule is CC(=O)C1=NCc2ccccc21. The molecule has 60 valence electrons. The standard InChI is InChI=1S/C10H9NO/c1-7(12)10-9-5-3-2-4-8(9)6-11-10/h2-5H,6H2,1H3. The number of benzene rings is 1. The van der Waals surface area contributed by atoms with Gasteiger partial charge in [0.05, 0.1) is 6.54 Å². The Labute approximate surface area is 70.9 Å². The van der Waals surface area contributed by atoms with Gasteiger partial charge >= 0.3 is 0 Å². The zero-order chi connectivity index (χ0) is 8.55. The predicted octanol–water partition coefficient (Wildman–Crippen LogP) is 1.58. The summed E-state index contributed by atoms with van der Waals surface area (Å²) in [7, 11) is 0. The highest BCUT2D eigenvalue weighted by atomic mass is 16.1. The Kier molecular flexibility index (Phi) is 1.54. The van der Waals surface area contributed by atoms with Crippen molar-refractivity contribution in [2.24, 2.45) is 4.99 Å². The van der Waals surface area contributed by atoms with E-state index in [-0.39, 0.29) is 5.78 Å². The lowest BCUT2D eigenvalue weighted by Gasteiger charge is -1.97. The fraction of sp³-hybridized carbons (Fsp3) is 0.200. The lowest BCUT2D eigenvalue weighted by atomic mass is 10.0. The molecule has 0 fully saturated rings. The van der Waals surface area contributed by atoms with Crippen LogP contribution in [0.15, 0.2) is 29.3 Å². The number of hydrogen-bond acceptors (Lipinski definition) is 2. The van der Waals surface area contributed by atoms with E-state index >= 15 is 0 Å². The van der Waals surface area contributed by atoms with Crippen LogP contribution in [-0.2, 0) is 11.3 Å². The van der Waals surface area contributed by atoms with Crippen molar-refractivity contribution < 1.29 is 4.79 Å². The molecule has 0 amide bonds. The van der Waals surface area contributed by atoms with E-state index in [0.717, 1.165) is 11.1 Å². The third kappa shape index (κ3) is 0.961. The van der Waals surface area contributed by atoms with Gasteiger partial charge in [-0.3, -0.25) is 9.79 Å². The maximum absolute atomic E-state index is 11.1. The van der Waals surface area contributed by atoms with Gasteiger partial charge in [0, 0.05) is 12.5 Å². The van der Waals surface area contributed by atoms with Gasteiger partial charge in [-0.15, -0.1) is 0 Å². The molecule has 0 saturated carbocycles. The first kappa shape index (κ1) is 7.22. The van der Waals surface area contributed by atoms with E-state index in [1.807, 2.05) is 24.3 Å². The van der Waals surface area contributed by atoms with Crippen LogP contribution in [0.5, 0.6) is 0 Å². The first-order valence-corrected chi connectivity index (χ1v) is 3.92. The first-order valence-electron chi connectivity index (χ1n) is 3.92. The van der Waals surface area contributed by atoms with Crippen LogP contribution in [0.25, 0.3) is 0 Å². The van der Waals surface area contributed by atoms with Gasteiger partial charge in [0.25, 0.3) is 0 Å². The number of ketones is 1. The number of nitrogens with zero attached hydrogens (tertiary/aromatic N) is 1. The van der Waals surface area contributed by atoms with Crippen molar-refractivity contribution in [3.05, 3.63) is 35.4 Å². The maximum atomic E-state index is 11.1. The normalized spacial score (nSPS) is 13.9. The summed E-state index contributed by atoms with van der Waals surface area (Å²) in [6, 6.07) is 7.86. The van der Waals surface area contributed by atoms with Gasteiger partial charge in [-0.05, 0) is 5.56 Å². The molecule has 1 heterocycles. The molecule has 2 heteroatoms. The van der Waals surface area contributed by atoms with Crippen molar-refractivity contribution >= 4 is 11.5 Å². The van der Waals surface area contributed by atoms with Crippen molar-refractivity contribution in [2.45, 2.75) is 13.5 Å². The Hall–Kier alpha value is -1.44. The minimum absolute atomic E-state index is 0.0555. The van der Waals surface area contributed by atoms with Crippen LogP contribution in [-0.4, -0.2) is 11.5 Å². The fourth-order valence-corrected chi connectivity index (χ4v) is 1.44. The first-order chi connectivity index (χ1) is 5.79. The zero-order valence-electron chi connectivity index (χ0n) is 6.87. The van der Waals surface area contributed by atoms with Gasteiger partial charge in [0.2, 0.25) is 0 Å². The molecular weight excluding hydrogens is 150 g/mol. The molecule has 2 rings (SSSR count). The van der Waals surface area contributed by atoms with Crippen molar-refractivity contribution in [2.75, 3.05) is 0 Å². The molecule has 2 nitrogen and oxygen atoms in total. The average Bonchev–Trinajstić information content (AvgIpc) is 2.47. The van der Waals surface area contributed by atoms with Gasteiger partial charge in [0.15, 0.2) is 5.78 Å². The Morgan fingerprint density at radius 1 is 1.42 bits per heavy atom. The van der Waals surface area contributed by atoms with Gasteiger partial charge in [-0.1, -0.05) is 24.3 Å². The quantitative estimate of drug-likeness (QED) is 0.611. The molecule has 0 aliphatic carbocycles. The second-order valence-electron chi connectivity index (χ2n) is 2.88. The summed E-state index contributed by atoms with van der Waals surface area (Å²) in [5.74, 6) is 0.0555. The number of rotatable bonds is 1. The van der Waals surface area contributed by atoms with E-state index in [1.54, 1.807) is 6.92 Å². The molecule has 1 aliphatic heterocycles. The lowest BCUT2D eigenvalue weighted by Crippen LogP contribution is -2.08. The topological polar surface area (TPSA) is 29.4 Å². The molecule has 0 saturated heterocycles. The smallest absolute Gasteiger partial charge is 0.178 e. The lowest BCUT2D eigenvalue weighted by molar-refractivity contribution is -0.111. The Balaban J connectivity index is 2.52. The van der Waals surface area contributed by atoms with Gasteiger partial charge < -0.3 is 0 Å². The van der Waals surface area contributed by atoms with Crippen LogP contribution < -0.4 is 0 Å². The summed E-state index contributed by atoms with van der Waals surface area (Å²) in [6.45, 7) is 2.21. The summed E-state index contributed by atoms with van der Waals surface area (Å²) in [6.07, 6.45) is 0. The van der Waals surface area contributed by atoms with E-state index in [9.17, 15) is 4.79 Å². The molecule has 0 N–H and O–H groups in total. The summed E-state index contributed by atoms with van der Waals surface area (Å²) < 4.78 is 0. The van der Waals surface area contributed by atoms with E-state index in [2.05, 4.69) is 4.99 Å². The molecular formula is C10H9NO. The summed E-state index contributed by atoms with van der Waals surface area (Å²) >= 11 is 0. The molecule has 1 aromatic carbocycles. The van der Waals surface area contributed by atoms with Gasteiger partial charge in [0.1, 0.15) is 5.71 Å². The van der Waals surface area contributed by atoms with E-state index < -0.39 is 0 Å². The number of aliphatic imine (C=N–C) groups is 1. The monoisotopic (exact) mass is 159 g/mol. The average molecular weight is 159 g/mol. The fourth-order valence-electron chi connectivity index (χ4n) is 1.44. The van der Waals surface area contributed by atoms with Crippen molar-refractivity contribution in [1.29, 1.82) is 0 Å². The largest absolute Gasteiger partial charge is 0.293 e. The second kappa shape index (κ2) is 2.55. The molecule has 0 spiro atoms. The third-order valence-electron chi connectivity index (χ3n) is 2.01. The summed E-state index contributed by atoms with van der Waals surface area (Å²) in [4.78, 5) is 15.2. The third-order valence-corrected chi connectivity index (χ3v) is 2.01. The highest BCUT2D eigenvalue weighted by Gasteiger charge is 2.17. The molecule has 1 aliphatic rings. The second-order valence-corrected chi connectivity index (χ2v) is 2.88. The minimum atomic E-state index is 0.0555. The highest BCUT2D eigenvalue weighted by molar-refractivity contribution is 6.46. The zero-order valence-corrected chi connectivity index (χ0v) is 6.87. The number of fused-ring (bicyclic) bond motifs is 1. The molecule has 1 aromatic rings. The van der Waals surface area contributed by atoms with Crippen molar-refractivity contribution in [3.63, 3.8) is 0 Å². The molecule has 0 atom stereocenters. The maximum Gasteiger partial charge on any atom is 0.178 e. The molecule has 0 aromatic heterocycles. The summed E-state index contributed by atoms with van der Waals surface area (Å²) in [5.41, 5.74) is 2.79. The van der Waals surface area contributed by atoms with E-state index in [1.165, 1.54) is 0 Å². The molecule has 0 radical (unpaired) electrons. The Bertz CT molecular complexity index is 366. The van der Waals surface area contributed by atoms with Gasteiger partial charge in [-0.25, -0.2) is 0 Å². The van der Waals surface area contributed by atoms with Crippen LogP contribution in [0.1, 0.15) is 18.1 Å². The summed E-state index contributed by atoms with van der Waals surface area (Å²) in [5, 5.41) is 0. The van der Waals surface area contributed by atoms with Crippen LogP contribution in [0.2, 0.25) is 0 Å². The number of carbonyl (C=O) groups excluding carboxylic acids is 1. The van der Waals surface area contributed by atoms with Crippen LogP contribution in [0.4, 0.5) is 0 Å². The van der Waals surface area contributed by atoms with Gasteiger partial charge in [-0.2, -0.15) is 0 Å². The van der Waals surface area contributed by atoms with Crippen LogP contribution in [0.3, 0.4) is 0 Å². The molecule has 0 unspecified atom stereocenters. The van der Waals surface area contributed by atoms with E-state index in [4.69, 9.17) is 0 Å². The predicted molar refractivity (Wildman–Crippen MR) is 47.4 cm³/mol. The molecule has 12 heavy (non-hydrogen) atoms. The van der Waals surface area contributed by atoms with E-state index in [0.29, 0.717) is 12.3 Å². The minimum Gasteiger partial charge on any atom is -0.293 e. The number of hydrogen-bond donors (Lipinski definition) is 0. The molecule has 0 bridgehead atoms. The van der Waals surface area contributed by atoms with Crippen molar-refractivity contribution in [1.82, 2.24) is 0 Å². The highest BCUT2D eigenvalue weighted by Crippen LogP contribution is 2.18.